The van der Waals surface area contributed by atoms with E-state index >= 15 is 0 Å². The number of fused-ring (bicyclic) bond motifs is 1. The lowest BCUT2D eigenvalue weighted by Gasteiger charge is -2.23. The first-order valence-corrected chi connectivity index (χ1v) is 10.7. The highest BCUT2D eigenvalue weighted by atomic mass is 16.5. The fraction of sp³-hybridized carbons (Fsp3) is 0.185. The summed E-state index contributed by atoms with van der Waals surface area (Å²) in [5.74, 6) is 0.328. The van der Waals surface area contributed by atoms with Gasteiger partial charge in [0.05, 0.1) is 17.5 Å². The van der Waals surface area contributed by atoms with E-state index in [0.717, 1.165) is 16.6 Å². The van der Waals surface area contributed by atoms with Gasteiger partial charge in [-0.05, 0) is 36.2 Å². The van der Waals surface area contributed by atoms with Gasteiger partial charge < -0.3 is 14.2 Å². The van der Waals surface area contributed by atoms with Gasteiger partial charge in [-0.2, -0.15) is 0 Å². The normalized spacial score (nSPS) is 10.8. The first kappa shape index (κ1) is 21.4. The predicted octanol–water partition coefficient (Wildman–Crippen LogP) is 4.78. The van der Waals surface area contributed by atoms with Crippen LogP contribution in [0.4, 0.5) is 0 Å². The molecule has 3 aromatic carbocycles. The quantitative estimate of drug-likeness (QED) is 0.427. The number of aryl methyl sites for hydroxylation is 1. The SMILES string of the molecule is CCOc1ccc2c(c1)c(=O)c(C(=O)N(Cc1ccccc1)Cc1ccccc1)cn2C. The van der Waals surface area contributed by atoms with Crippen LogP contribution >= 0.6 is 0 Å². The maximum absolute atomic E-state index is 13.7. The van der Waals surface area contributed by atoms with Gasteiger partial charge in [0, 0.05) is 26.3 Å². The van der Waals surface area contributed by atoms with E-state index in [0.29, 0.717) is 30.8 Å². The number of aromatic nitrogens is 1. The number of hydrogen-bond acceptors (Lipinski definition) is 3. The Bertz CT molecular complexity index is 1240. The molecule has 0 saturated heterocycles. The number of benzene rings is 3. The summed E-state index contributed by atoms with van der Waals surface area (Å²) in [6.07, 6.45) is 1.64. The molecule has 0 unspecified atom stereocenters. The lowest BCUT2D eigenvalue weighted by Crippen LogP contribution is -2.34. The van der Waals surface area contributed by atoms with Crippen LogP contribution in [-0.2, 0) is 20.1 Å². The summed E-state index contributed by atoms with van der Waals surface area (Å²) in [7, 11) is 1.84. The van der Waals surface area contributed by atoms with E-state index in [-0.39, 0.29) is 16.9 Å². The molecule has 0 fully saturated rings. The number of pyridine rings is 1. The fourth-order valence-corrected chi connectivity index (χ4v) is 3.86. The summed E-state index contributed by atoms with van der Waals surface area (Å²) in [6.45, 7) is 3.23. The molecule has 0 aliphatic rings. The summed E-state index contributed by atoms with van der Waals surface area (Å²) < 4.78 is 7.39. The molecule has 0 N–H and O–H groups in total. The van der Waals surface area contributed by atoms with Crippen LogP contribution in [0.15, 0.2) is 89.9 Å². The van der Waals surface area contributed by atoms with Crippen LogP contribution in [0.3, 0.4) is 0 Å². The summed E-state index contributed by atoms with van der Waals surface area (Å²) in [5, 5.41) is 0.476. The number of hydrogen-bond donors (Lipinski definition) is 0. The average molecular weight is 427 g/mol. The van der Waals surface area contributed by atoms with Gasteiger partial charge in [-0.15, -0.1) is 0 Å². The van der Waals surface area contributed by atoms with Crippen LogP contribution in [0.1, 0.15) is 28.4 Å². The van der Waals surface area contributed by atoms with E-state index in [1.165, 1.54) is 0 Å². The number of carbonyl (C=O) groups is 1. The molecule has 0 radical (unpaired) electrons. The van der Waals surface area contributed by atoms with Crippen molar-refractivity contribution < 1.29 is 9.53 Å². The molecular weight excluding hydrogens is 400 g/mol. The second-order valence-corrected chi connectivity index (χ2v) is 7.73. The fourth-order valence-electron chi connectivity index (χ4n) is 3.86. The highest BCUT2D eigenvalue weighted by Crippen LogP contribution is 2.20. The molecule has 1 amide bonds. The predicted molar refractivity (Wildman–Crippen MR) is 127 cm³/mol. The molecule has 0 bridgehead atoms. The molecule has 5 heteroatoms. The zero-order chi connectivity index (χ0) is 22.5. The summed E-state index contributed by atoms with van der Waals surface area (Å²) >= 11 is 0. The molecule has 1 aromatic heterocycles. The molecule has 0 spiro atoms. The molecule has 4 rings (SSSR count). The number of rotatable bonds is 7. The van der Waals surface area contributed by atoms with Crippen LogP contribution in [0.25, 0.3) is 10.9 Å². The number of carbonyl (C=O) groups excluding carboxylic acids is 1. The summed E-state index contributed by atoms with van der Waals surface area (Å²) in [5.41, 5.74) is 2.64. The topological polar surface area (TPSA) is 51.5 Å². The van der Waals surface area contributed by atoms with Crippen LogP contribution in [0.2, 0.25) is 0 Å². The van der Waals surface area contributed by atoms with Crippen molar-refractivity contribution in [2.24, 2.45) is 7.05 Å². The lowest BCUT2D eigenvalue weighted by molar-refractivity contribution is 0.0728. The van der Waals surface area contributed by atoms with Crippen molar-refractivity contribution in [1.82, 2.24) is 9.47 Å². The van der Waals surface area contributed by atoms with E-state index in [1.807, 2.05) is 91.3 Å². The largest absolute Gasteiger partial charge is 0.494 e. The molecule has 4 aromatic rings. The minimum atomic E-state index is -0.290. The number of nitrogens with zero attached hydrogens (tertiary/aromatic N) is 2. The van der Waals surface area contributed by atoms with Gasteiger partial charge in [-0.3, -0.25) is 9.59 Å². The van der Waals surface area contributed by atoms with E-state index in [9.17, 15) is 9.59 Å². The second kappa shape index (κ2) is 9.52. The van der Waals surface area contributed by atoms with E-state index in [1.54, 1.807) is 17.2 Å². The summed E-state index contributed by atoms with van der Waals surface area (Å²) in [6, 6.07) is 25.0. The van der Waals surface area contributed by atoms with Crippen molar-refractivity contribution in [2.75, 3.05) is 6.61 Å². The molecule has 162 valence electrons. The molecule has 0 atom stereocenters. The molecule has 5 nitrogen and oxygen atoms in total. The standard InChI is InChI=1S/C27H26N2O3/c1-3-32-22-14-15-25-23(16-22)26(30)24(19-28(25)2)27(31)29(17-20-10-6-4-7-11-20)18-21-12-8-5-9-13-21/h4-16,19H,3,17-18H2,1-2H3. The first-order valence-electron chi connectivity index (χ1n) is 10.7. The van der Waals surface area contributed by atoms with E-state index < -0.39 is 0 Å². The maximum atomic E-state index is 13.7. The Kier molecular flexibility index (Phi) is 6.36. The first-order chi connectivity index (χ1) is 15.6. The maximum Gasteiger partial charge on any atom is 0.259 e. The van der Waals surface area contributed by atoms with Crippen molar-refractivity contribution in [2.45, 2.75) is 20.0 Å². The molecule has 1 heterocycles. The number of amides is 1. The van der Waals surface area contributed by atoms with Gasteiger partial charge in [0.2, 0.25) is 5.43 Å². The molecule has 0 saturated carbocycles. The Morgan fingerprint density at radius 2 is 1.50 bits per heavy atom. The van der Waals surface area contributed by atoms with E-state index in [4.69, 9.17) is 4.74 Å². The van der Waals surface area contributed by atoms with Gasteiger partial charge in [0.1, 0.15) is 11.3 Å². The third kappa shape index (κ3) is 4.57. The monoisotopic (exact) mass is 426 g/mol. The minimum Gasteiger partial charge on any atom is -0.494 e. The van der Waals surface area contributed by atoms with Gasteiger partial charge >= 0.3 is 0 Å². The Morgan fingerprint density at radius 3 is 2.06 bits per heavy atom. The zero-order valence-electron chi connectivity index (χ0n) is 18.3. The second-order valence-electron chi connectivity index (χ2n) is 7.73. The summed E-state index contributed by atoms with van der Waals surface area (Å²) in [4.78, 5) is 28.8. The van der Waals surface area contributed by atoms with Crippen LogP contribution < -0.4 is 10.2 Å². The number of ether oxygens (including phenoxy) is 1. The molecule has 0 aliphatic heterocycles. The highest BCUT2D eigenvalue weighted by Gasteiger charge is 2.22. The Hall–Kier alpha value is -3.86. The average Bonchev–Trinajstić information content (AvgIpc) is 2.82. The van der Waals surface area contributed by atoms with Crippen molar-refractivity contribution >= 4 is 16.8 Å². The molecular formula is C27H26N2O3. The van der Waals surface area contributed by atoms with Gasteiger partial charge in [-0.1, -0.05) is 60.7 Å². The van der Waals surface area contributed by atoms with Crippen molar-refractivity contribution in [3.05, 3.63) is 112 Å². The highest BCUT2D eigenvalue weighted by molar-refractivity contribution is 5.97. The van der Waals surface area contributed by atoms with Crippen LogP contribution in [0, 0.1) is 0 Å². The smallest absolute Gasteiger partial charge is 0.259 e. The van der Waals surface area contributed by atoms with E-state index in [2.05, 4.69) is 0 Å². The Balaban J connectivity index is 1.76. The molecule has 0 aliphatic carbocycles. The van der Waals surface area contributed by atoms with Gasteiger partial charge in [-0.25, -0.2) is 0 Å². The van der Waals surface area contributed by atoms with Crippen LogP contribution in [0.5, 0.6) is 5.75 Å². The van der Waals surface area contributed by atoms with Crippen molar-refractivity contribution in [1.29, 1.82) is 0 Å². The Labute approximate surface area is 187 Å². The van der Waals surface area contributed by atoms with Gasteiger partial charge in [0.25, 0.3) is 5.91 Å². The zero-order valence-corrected chi connectivity index (χ0v) is 18.3. The van der Waals surface area contributed by atoms with Crippen molar-refractivity contribution in [3.8, 4) is 5.75 Å². The third-order valence-electron chi connectivity index (χ3n) is 5.42. The van der Waals surface area contributed by atoms with Gasteiger partial charge in [0.15, 0.2) is 0 Å². The Morgan fingerprint density at radius 1 is 0.906 bits per heavy atom. The third-order valence-corrected chi connectivity index (χ3v) is 5.42. The molecule has 32 heavy (non-hydrogen) atoms. The van der Waals surface area contributed by atoms with Crippen LogP contribution in [-0.4, -0.2) is 22.0 Å². The minimum absolute atomic E-state index is 0.153. The van der Waals surface area contributed by atoms with Crippen molar-refractivity contribution in [3.63, 3.8) is 0 Å². The lowest BCUT2D eigenvalue weighted by atomic mass is 10.1.